The molecule has 0 radical (unpaired) electrons. The second-order valence-corrected chi connectivity index (χ2v) is 6.54. The minimum absolute atomic E-state index is 0.0904. The van der Waals surface area contributed by atoms with Crippen LogP contribution in [0.2, 0.25) is 0 Å². The van der Waals surface area contributed by atoms with Crippen LogP contribution in [-0.4, -0.2) is 17.9 Å². The lowest BCUT2D eigenvalue weighted by Crippen LogP contribution is -2.26. The average molecular weight is 344 g/mol. The number of carbonyl (C=O) groups is 1. The van der Waals surface area contributed by atoms with Gasteiger partial charge in [0.15, 0.2) is 0 Å². The van der Waals surface area contributed by atoms with Crippen LogP contribution >= 0.6 is 15.9 Å². The zero-order valence-electron chi connectivity index (χ0n) is 12.1. The summed E-state index contributed by atoms with van der Waals surface area (Å²) in [5.74, 6) is 0.0904. The first-order chi connectivity index (χ1) is 10.1. The molecule has 108 valence electrons. The number of carbonyl (C=O) groups excluding carboxylic acids is 1. The number of aryl methyl sites for hydroxylation is 2. The van der Waals surface area contributed by atoms with Crippen molar-refractivity contribution in [2.45, 2.75) is 25.8 Å². The first kappa shape index (κ1) is 14.3. The van der Waals surface area contributed by atoms with Crippen LogP contribution in [0.15, 0.2) is 46.9 Å². The lowest BCUT2D eigenvalue weighted by molar-refractivity contribution is 0.0785. The van der Waals surface area contributed by atoms with Gasteiger partial charge in [0, 0.05) is 23.6 Å². The molecule has 0 saturated heterocycles. The first-order valence-electron chi connectivity index (χ1n) is 7.25. The standard InChI is InChI=1S/C18H18BrNO/c1-20(12-13-5-9-17(19)10-6-13)18(21)16-8-7-14-3-2-4-15(14)11-16/h5-11H,2-4,12H2,1H3. The summed E-state index contributed by atoms with van der Waals surface area (Å²) >= 11 is 3.43. The highest BCUT2D eigenvalue weighted by Gasteiger charge is 2.16. The van der Waals surface area contributed by atoms with Crippen LogP contribution in [0, 0.1) is 0 Å². The maximum absolute atomic E-state index is 12.5. The van der Waals surface area contributed by atoms with Crippen LogP contribution in [0.3, 0.4) is 0 Å². The van der Waals surface area contributed by atoms with Gasteiger partial charge in [0.05, 0.1) is 0 Å². The van der Waals surface area contributed by atoms with Gasteiger partial charge in [-0.25, -0.2) is 0 Å². The number of nitrogens with zero attached hydrogens (tertiary/aromatic N) is 1. The van der Waals surface area contributed by atoms with Gasteiger partial charge in [0.2, 0.25) is 0 Å². The van der Waals surface area contributed by atoms with E-state index < -0.39 is 0 Å². The van der Waals surface area contributed by atoms with Gasteiger partial charge in [0.1, 0.15) is 0 Å². The van der Waals surface area contributed by atoms with Crippen molar-refractivity contribution >= 4 is 21.8 Å². The number of hydrogen-bond donors (Lipinski definition) is 0. The average Bonchev–Trinajstić information content (AvgIpc) is 2.96. The molecule has 0 atom stereocenters. The predicted molar refractivity (Wildman–Crippen MR) is 88.4 cm³/mol. The van der Waals surface area contributed by atoms with Crippen molar-refractivity contribution in [1.82, 2.24) is 4.90 Å². The number of benzene rings is 2. The normalized spacial score (nSPS) is 13.0. The minimum atomic E-state index is 0.0904. The first-order valence-corrected chi connectivity index (χ1v) is 8.04. The monoisotopic (exact) mass is 343 g/mol. The fourth-order valence-electron chi connectivity index (χ4n) is 2.86. The Morgan fingerprint density at radius 1 is 1.10 bits per heavy atom. The lowest BCUT2D eigenvalue weighted by Gasteiger charge is -2.18. The van der Waals surface area contributed by atoms with Gasteiger partial charge in [0.25, 0.3) is 5.91 Å². The van der Waals surface area contributed by atoms with Crippen molar-refractivity contribution in [2.75, 3.05) is 7.05 Å². The van der Waals surface area contributed by atoms with Gasteiger partial charge in [-0.05, 0) is 60.2 Å². The van der Waals surface area contributed by atoms with Gasteiger partial charge in [-0.1, -0.05) is 34.1 Å². The van der Waals surface area contributed by atoms with Gasteiger partial charge in [-0.3, -0.25) is 4.79 Å². The zero-order valence-corrected chi connectivity index (χ0v) is 13.7. The Morgan fingerprint density at radius 3 is 2.57 bits per heavy atom. The van der Waals surface area contributed by atoms with Gasteiger partial charge in [-0.2, -0.15) is 0 Å². The highest BCUT2D eigenvalue weighted by Crippen LogP contribution is 2.23. The second-order valence-electron chi connectivity index (χ2n) is 5.62. The molecule has 1 aliphatic carbocycles. The molecule has 2 nitrogen and oxygen atoms in total. The Hall–Kier alpha value is -1.61. The van der Waals surface area contributed by atoms with Crippen LogP contribution in [0.4, 0.5) is 0 Å². The van der Waals surface area contributed by atoms with E-state index in [0.29, 0.717) is 6.54 Å². The van der Waals surface area contributed by atoms with E-state index in [4.69, 9.17) is 0 Å². The van der Waals surface area contributed by atoms with Crippen molar-refractivity contribution in [3.63, 3.8) is 0 Å². The molecule has 1 amide bonds. The Morgan fingerprint density at radius 2 is 1.81 bits per heavy atom. The van der Waals surface area contributed by atoms with Gasteiger partial charge >= 0.3 is 0 Å². The fraction of sp³-hybridized carbons (Fsp3) is 0.278. The van der Waals surface area contributed by atoms with Crippen LogP contribution in [0.1, 0.15) is 33.5 Å². The van der Waals surface area contributed by atoms with Crippen molar-refractivity contribution in [3.8, 4) is 0 Å². The third-order valence-electron chi connectivity index (χ3n) is 4.03. The molecule has 0 saturated carbocycles. The maximum Gasteiger partial charge on any atom is 0.253 e. The molecule has 2 aromatic rings. The van der Waals surface area contributed by atoms with Crippen molar-refractivity contribution in [2.24, 2.45) is 0 Å². The molecule has 0 aromatic heterocycles. The molecule has 0 heterocycles. The molecule has 0 bridgehead atoms. The molecule has 3 heteroatoms. The van der Waals surface area contributed by atoms with Crippen LogP contribution in [-0.2, 0) is 19.4 Å². The van der Waals surface area contributed by atoms with Crippen LogP contribution in [0.5, 0.6) is 0 Å². The van der Waals surface area contributed by atoms with E-state index in [0.717, 1.165) is 28.4 Å². The summed E-state index contributed by atoms with van der Waals surface area (Å²) in [5.41, 5.74) is 4.69. The summed E-state index contributed by atoms with van der Waals surface area (Å²) in [4.78, 5) is 14.3. The molecule has 0 fully saturated rings. The summed E-state index contributed by atoms with van der Waals surface area (Å²) < 4.78 is 1.05. The van der Waals surface area contributed by atoms with E-state index in [1.54, 1.807) is 4.90 Å². The lowest BCUT2D eigenvalue weighted by atomic mass is 10.1. The van der Waals surface area contributed by atoms with E-state index in [1.165, 1.54) is 17.5 Å². The van der Waals surface area contributed by atoms with E-state index in [2.05, 4.69) is 28.1 Å². The molecule has 0 N–H and O–H groups in total. The van der Waals surface area contributed by atoms with E-state index in [9.17, 15) is 4.79 Å². The SMILES string of the molecule is CN(Cc1ccc(Br)cc1)C(=O)c1ccc2c(c1)CCC2. The highest BCUT2D eigenvalue weighted by atomic mass is 79.9. The molecule has 3 rings (SSSR count). The largest absolute Gasteiger partial charge is 0.337 e. The highest BCUT2D eigenvalue weighted by molar-refractivity contribution is 9.10. The topological polar surface area (TPSA) is 20.3 Å². The van der Waals surface area contributed by atoms with Gasteiger partial charge in [-0.15, -0.1) is 0 Å². The molecular weight excluding hydrogens is 326 g/mol. The summed E-state index contributed by atoms with van der Waals surface area (Å²) in [6.45, 7) is 0.628. The molecule has 21 heavy (non-hydrogen) atoms. The van der Waals surface area contributed by atoms with E-state index in [-0.39, 0.29) is 5.91 Å². The summed E-state index contributed by atoms with van der Waals surface area (Å²) in [5, 5.41) is 0. The van der Waals surface area contributed by atoms with E-state index >= 15 is 0 Å². The number of halogens is 1. The van der Waals surface area contributed by atoms with Crippen molar-refractivity contribution in [1.29, 1.82) is 0 Å². The maximum atomic E-state index is 12.5. The number of amides is 1. The molecule has 0 spiro atoms. The van der Waals surface area contributed by atoms with Crippen molar-refractivity contribution < 1.29 is 4.79 Å². The summed E-state index contributed by atoms with van der Waals surface area (Å²) in [6.07, 6.45) is 3.47. The number of fused-ring (bicyclic) bond motifs is 1. The number of hydrogen-bond acceptors (Lipinski definition) is 1. The van der Waals surface area contributed by atoms with E-state index in [1.807, 2.05) is 37.4 Å². The smallest absolute Gasteiger partial charge is 0.253 e. The molecule has 2 aromatic carbocycles. The zero-order chi connectivity index (χ0) is 14.8. The minimum Gasteiger partial charge on any atom is -0.337 e. The third-order valence-corrected chi connectivity index (χ3v) is 4.55. The van der Waals surface area contributed by atoms with Gasteiger partial charge < -0.3 is 4.90 Å². The molecule has 1 aliphatic rings. The quantitative estimate of drug-likeness (QED) is 0.817. The van der Waals surface area contributed by atoms with Crippen molar-refractivity contribution in [3.05, 3.63) is 69.2 Å². The predicted octanol–water partition coefficient (Wildman–Crippen LogP) is 4.21. The molecule has 0 aliphatic heterocycles. The molecule has 0 unspecified atom stereocenters. The third kappa shape index (κ3) is 3.18. The Kier molecular flexibility index (Phi) is 4.11. The Bertz CT molecular complexity index is 663. The number of rotatable bonds is 3. The second kappa shape index (κ2) is 6.02. The fourth-order valence-corrected chi connectivity index (χ4v) is 3.13. The Balaban J connectivity index is 1.73. The molecular formula is C18H18BrNO. The van der Waals surface area contributed by atoms with Crippen LogP contribution < -0.4 is 0 Å². The van der Waals surface area contributed by atoms with Crippen LogP contribution in [0.25, 0.3) is 0 Å². The summed E-state index contributed by atoms with van der Waals surface area (Å²) in [6, 6.07) is 14.2. The Labute approximate surface area is 133 Å². The summed E-state index contributed by atoms with van der Waals surface area (Å²) in [7, 11) is 1.86.